The van der Waals surface area contributed by atoms with Gasteiger partial charge in [-0.3, -0.25) is 4.79 Å². The van der Waals surface area contributed by atoms with E-state index in [-0.39, 0.29) is 5.91 Å². The minimum absolute atomic E-state index is 0.0197. The first kappa shape index (κ1) is 11.1. The number of amides is 1. The van der Waals surface area contributed by atoms with Gasteiger partial charge in [-0.15, -0.1) is 12.6 Å². The Hall–Kier alpha value is -1.00. The molecule has 0 bridgehead atoms. The molecule has 0 spiro atoms. The van der Waals surface area contributed by atoms with Crippen LogP contribution in [0.2, 0.25) is 0 Å². The highest BCUT2D eigenvalue weighted by Gasteiger charge is 2.00. The fourth-order valence-corrected chi connectivity index (χ4v) is 1.16. The number of hydrogen-bond acceptors (Lipinski definition) is 3. The van der Waals surface area contributed by atoms with Gasteiger partial charge in [0.25, 0.3) is 0 Å². The molecule has 0 heterocycles. The molecule has 76 valence electrons. The third-order valence-corrected chi connectivity index (χ3v) is 2.05. The number of hydrogen-bond donors (Lipinski definition) is 3. The van der Waals surface area contributed by atoms with E-state index in [1.807, 2.05) is 31.3 Å². The fourth-order valence-electron chi connectivity index (χ4n) is 1.01. The van der Waals surface area contributed by atoms with E-state index >= 15 is 0 Å². The summed E-state index contributed by atoms with van der Waals surface area (Å²) in [6.07, 6.45) is 0.485. The summed E-state index contributed by atoms with van der Waals surface area (Å²) in [7, 11) is 1.82. The molecule has 0 radical (unpaired) electrons. The van der Waals surface area contributed by atoms with Crippen LogP contribution in [-0.4, -0.2) is 19.5 Å². The van der Waals surface area contributed by atoms with Gasteiger partial charge in [0, 0.05) is 23.5 Å². The topological polar surface area (TPSA) is 41.1 Å². The van der Waals surface area contributed by atoms with E-state index in [0.717, 1.165) is 10.6 Å². The van der Waals surface area contributed by atoms with E-state index in [1.165, 1.54) is 0 Å². The van der Waals surface area contributed by atoms with Crippen molar-refractivity contribution >= 4 is 24.2 Å². The number of carbonyl (C=O) groups excluding carboxylic acids is 1. The van der Waals surface area contributed by atoms with Crippen molar-refractivity contribution < 1.29 is 4.79 Å². The van der Waals surface area contributed by atoms with Crippen molar-refractivity contribution in [2.45, 2.75) is 11.3 Å². The number of anilines is 1. The monoisotopic (exact) mass is 210 g/mol. The van der Waals surface area contributed by atoms with E-state index in [0.29, 0.717) is 13.0 Å². The summed E-state index contributed by atoms with van der Waals surface area (Å²) in [5, 5.41) is 5.71. The van der Waals surface area contributed by atoms with E-state index in [9.17, 15) is 4.79 Å². The summed E-state index contributed by atoms with van der Waals surface area (Å²) in [5.41, 5.74) is 0.809. The summed E-state index contributed by atoms with van der Waals surface area (Å²) in [4.78, 5) is 12.2. The average Bonchev–Trinajstić information content (AvgIpc) is 2.18. The Labute approximate surface area is 89.3 Å². The maximum atomic E-state index is 11.3. The zero-order valence-corrected chi connectivity index (χ0v) is 8.97. The highest BCUT2D eigenvalue weighted by atomic mass is 32.1. The smallest absolute Gasteiger partial charge is 0.225 e. The summed E-state index contributed by atoms with van der Waals surface area (Å²) >= 11 is 4.16. The quantitative estimate of drug-likeness (QED) is 0.660. The lowest BCUT2D eigenvalue weighted by atomic mass is 10.3. The molecule has 14 heavy (non-hydrogen) atoms. The molecule has 0 aliphatic carbocycles. The number of thiol groups is 1. The van der Waals surface area contributed by atoms with Gasteiger partial charge in [0.1, 0.15) is 0 Å². The van der Waals surface area contributed by atoms with Crippen LogP contribution < -0.4 is 10.6 Å². The number of nitrogens with one attached hydrogen (secondary N) is 2. The summed E-state index contributed by atoms with van der Waals surface area (Å²) in [5.74, 6) is 0.0197. The molecule has 4 heteroatoms. The second-order valence-electron chi connectivity index (χ2n) is 2.95. The largest absolute Gasteiger partial charge is 0.326 e. The first-order valence-corrected chi connectivity index (χ1v) is 4.90. The third kappa shape index (κ3) is 3.81. The van der Waals surface area contributed by atoms with Crippen molar-refractivity contribution in [3.05, 3.63) is 24.3 Å². The molecule has 0 aromatic heterocycles. The second-order valence-corrected chi connectivity index (χ2v) is 3.47. The Balaban J connectivity index is 2.44. The summed E-state index contributed by atoms with van der Waals surface area (Å²) < 4.78 is 0. The lowest BCUT2D eigenvalue weighted by molar-refractivity contribution is -0.116. The van der Waals surface area contributed by atoms with Crippen molar-refractivity contribution in [3.8, 4) is 0 Å². The zero-order valence-electron chi connectivity index (χ0n) is 8.08. The predicted molar refractivity (Wildman–Crippen MR) is 60.9 cm³/mol. The molecule has 0 fully saturated rings. The van der Waals surface area contributed by atoms with Crippen molar-refractivity contribution in [1.29, 1.82) is 0 Å². The average molecular weight is 210 g/mol. The molecular weight excluding hydrogens is 196 g/mol. The molecule has 1 amide bonds. The molecule has 3 nitrogen and oxygen atoms in total. The highest BCUT2D eigenvalue weighted by Crippen LogP contribution is 2.11. The summed E-state index contributed by atoms with van der Waals surface area (Å²) in [6.45, 7) is 0.691. The van der Waals surface area contributed by atoms with Crippen LogP contribution in [0, 0.1) is 0 Å². The maximum Gasteiger partial charge on any atom is 0.225 e. The fraction of sp³-hybridized carbons (Fsp3) is 0.300. The van der Waals surface area contributed by atoms with E-state index in [1.54, 1.807) is 0 Å². The second kappa shape index (κ2) is 5.67. The van der Waals surface area contributed by atoms with Crippen LogP contribution in [0.4, 0.5) is 5.69 Å². The van der Waals surface area contributed by atoms with Crippen LogP contribution in [0.5, 0.6) is 0 Å². The van der Waals surface area contributed by atoms with E-state index < -0.39 is 0 Å². The molecule has 0 saturated heterocycles. The molecule has 1 aromatic rings. The van der Waals surface area contributed by atoms with Gasteiger partial charge in [0.2, 0.25) is 5.91 Å². The van der Waals surface area contributed by atoms with Gasteiger partial charge >= 0.3 is 0 Å². The first-order chi connectivity index (χ1) is 6.72. The van der Waals surface area contributed by atoms with Gasteiger partial charge in [-0.25, -0.2) is 0 Å². The van der Waals surface area contributed by atoms with Gasteiger partial charge < -0.3 is 10.6 Å². The minimum atomic E-state index is 0.0197. The Bertz CT molecular complexity index is 297. The molecule has 1 aromatic carbocycles. The Kier molecular flexibility index (Phi) is 4.49. The maximum absolute atomic E-state index is 11.3. The summed E-state index contributed by atoms with van der Waals surface area (Å²) in [6, 6.07) is 7.35. The lowest BCUT2D eigenvalue weighted by Gasteiger charge is -2.04. The molecule has 0 saturated carbocycles. The number of benzene rings is 1. The van der Waals surface area contributed by atoms with Crippen LogP contribution in [0.25, 0.3) is 0 Å². The van der Waals surface area contributed by atoms with Crippen molar-refractivity contribution in [2.75, 3.05) is 18.9 Å². The molecule has 0 unspecified atom stereocenters. The van der Waals surface area contributed by atoms with Crippen LogP contribution in [0.3, 0.4) is 0 Å². The highest BCUT2D eigenvalue weighted by molar-refractivity contribution is 7.80. The van der Waals surface area contributed by atoms with Gasteiger partial charge in [0.15, 0.2) is 0 Å². The normalized spacial score (nSPS) is 9.86. The van der Waals surface area contributed by atoms with Gasteiger partial charge in [-0.05, 0) is 31.3 Å². The van der Waals surface area contributed by atoms with Crippen LogP contribution >= 0.6 is 12.6 Å². The van der Waals surface area contributed by atoms with Crippen LogP contribution in [0.1, 0.15) is 6.42 Å². The number of rotatable bonds is 4. The van der Waals surface area contributed by atoms with Crippen LogP contribution in [-0.2, 0) is 4.79 Å². The Morgan fingerprint density at radius 2 is 2.00 bits per heavy atom. The molecule has 0 atom stereocenters. The standard InChI is InChI=1S/C10H14N2OS/c1-11-7-6-10(13)12-8-2-4-9(14)5-3-8/h2-5,11,14H,6-7H2,1H3,(H,12,13). The Morgan fingerprint density at radius 1 is 1.36 bits per heavy atom. The molecule has 0 aliphatic heterocycles. The molecular formula is C10H14N2OS. The van der Waals surface area contributed by atoms with Crippen molar-refractivity contribution in [1.82, 2.24) is 5.32 Å². The van der Waals surface area contributed by atoms with Crippen molar-refractivity contribution in [3.63, 3.8) is 0 Å². The van der Waals surface area contributed by atoms with E-state index in [2.05, 4.69) is 23.3 Å². The first-order valence-electron chi connectivity index (χ1n) is 4.46. The SMILES string of the molecule is CNCCC(=O)Nc1ccc(S)cc1. The molecule has 1 rings (SSSR count). The zero-order chi connectivity index (χ0) is 10.4. The number of carbonyl (C=O) groups is 1. The molecule has 0 aliphatic rings. The minimum Gasteiger partial charge on any atom is -0.326 e. The lowest BCUT2D eigenvalue weighted by Crippen LogP contribution is -2.18. The van der Waals surface area contributed by atoms with Gasteiger partial charge in [-0.2, -0.15) is 0 Å². The van der Waals surface area contributed by atoms with Crippen molar-refractivity contribution in [2.24, 2.45) is 0 Å². The third-order valence-electron chi connectivity index (χ3n) is 1.75. The van der Waals surface area contributed by atoms with Crippen LogP contribution in [0.15, 0.2) is 29.2 Å². The van der Waals surface area contributed by atoms with Gasteiger partial charge in [-0.1, -0.05) is 0 Å². The molecule has 2 N–H and O–H groups in total. The van der Waals surface area contributed by atoms with E-state index in [4.69, 9.17) is 0 Å². The predicted octanol–water partition coefficient (Wildman–Crippen LogP) is 1.52. The Morgan fingerprint density at radius 3 is 2.57 bits per heavy atom. The van der Waals surface area contributed by atoms with Gasteiger partial charge in [0.05, 0.1) is 0 Å².